The van der Waals surface area contributed by atoms with Gasteiger partial charge in [-0.1, -0.05) is 18.2 Å². The second kappa shape index (κ2) is 4.35. The van der Waals surface area contributed by atoms with E-state index in [1.54, 1.807) is 12.1 Å². The van der Waals surface area contributed by atoms with Gasteiger partial charge in [0, 0.05) is 11.1 Å². The molecule has 0 fully saturated rings. The highest BCUT2D eigenvalue weighted by Crippen LogP contribution is 2.27. The molecule has 0 N–H and O–H groups in total. The highest BCUT2D eigenvalue weighted by molar-refractivity contribution is 5.81. The summed E-state index contributed by atoms with van der Waals surface area (Å²) in [5.41, 5.74) is 5.46. The lowest BCUT2D eigenvalue weighted by Gasteiger charge is -1.96. The Bertz CT molecular complexity index is 754. The number of fused-ring (bicyclic) bond motifs is 1. The maximum atomic E-state index is 10.6. The molecule has 19 heavy (non-hydrogen) atoms. The van der Waals surface area contributed by atoms with E-state index < -0.39 is 0 Å². The molecule has 0 unspecified atom stereocenters. The number of oxazole rings is 1. The van der Waals surface area contributed by atoms with Crippen molar-refractivity contribution in [2.45, 2.75) is 13.8 Å². The lowest BCUT2D eigenvalue weighted by atomic mass is 10.1. The van der Waals surface area contributed by atoms with Gasteiger partial charge in [-0.3, -0.25) is 4.79 Å². The summed E-state index contributed by atoms with van der Waals surface area (Å²) in [7, 11) is 0. The number of carbonyl (C=O) groups is 1. The molecule has 94 valence electrons. The minimum atomic E-state index is 0.584. The van der Waals surface area contributed by atoms with Crippen molar-refractivity contribution in [1.29, 1.82) is 0 Å². The predicted molar refractivity (Wildman–Crippen MR) is 74.3 cm³/mol. The molecule has 0 aliphatic carbocycles. The SMILES string of the molecule is Cc1cc(C)c2oc(-c3ccc(C=O)cc3)nc2c1. The number of aromatic nitrogens is 1. The zero-order valence-corrected chi connectivity index (χ0v) is 10.8. The van der Waals surface area contributed by atoms with Crippen molar-refractivity contribution in [2.24, 2.45) is 0 Å². The van der Waals surface area contributed by atoms with Gasteiger partial charge in [-0.15, -0.1) is 0 Å². The molecule has 3 rings (SSSR count). The van der Waals surface area contributed by atoms with Crippen molar-refractivity contribution in [1.82, 2.24) is 4.98 Å². The molecular formula is C16H13NO2. The van der Waals surface area contributed by atoms with Crippen molar-refractivity contribution in [3.63, 3.8) is 0 Å². The third-order valence-electron chi connectivity index (χ3n) is 3.11. The number of carbonyl (C=O) groups excluding carboxylic acids is 1. The Kier molecular flexibility index (Phi) is 2.67. The number of rotatable bonds is 2. The van der Waals surface area contributed by atoms with E-state index >= 15 is 0 Å². The van der Waals surface area contributed by atoms with Crippen molar-refractivity contribution >= 4 is 17.4 Å². The van der Waals surface area contributed by atoms with Crippen LogP contribution in [-0.4, -0.2) is 11.3 Å². The van der Waals surface area contributed by atoms with E-state index in [9.17, 15) is 4.79 Å². The van der Waals surface area contributed by atoms with E-state index in [0.29, 0.717) is 11.5 Å². The van der Waals surface area contributed by atoms with Crippen molar-refractivity contribution in [3.05, 3.63) is 53.1 Å². The topological polar surface area (TPSA) is 43.1 Å². The second-order valence-electron chi connectivity index (χ2n) is 4.69. The average Bonchev–Trinajstić information content (AvgIpc) is 2.83. The molecule has 0 atom stereocenters. The van der Waals surface area contributed by atoms with Gasteiger partial charge in [0.05, 0.1) is 0 Å². The minimum absolute atomic E-state index is 0.584. The van der Waals surface area contributed by atoms with E-state index in [2.05, 4.69) is 11.1 Å². The fraction of sp³-hybridized carbons (Fsp3) is 0.125. The Balaban J connectivity index is 2.14. The molecule has 0 bridgehead atoms. The first-order valence-corrected chi connectivity index (χ1v) is 6.11. The Labute approximate surface area is 110 Å². The molecule has 0 aliphatic rings. The van der Waals surface area contributed by atoms with Gasteiger partial charge in [0.25, 0.3) is 0 Å². The Morgan fingerprint density at radius 1 is 1.11 bits per heavy atom. The van der Waals surface area contributed by atoms with Gasteiger partial charge in [-0.2, -0.15) is 0 Å². The van der Waals surface area contributed by atoms with Crippen molar-refractivity contribution in [3.8, 4) is 11.5 Å². The molecule has 1 heterocycles. The Morgan fingerprint density at radius 2 is 1.84 bits per heavy atom. The summed E-state index contributed by atoms with van der Waals surface area (Å²) >= 11 is 0. The first-order valence-electron chi connectivity index (χ1n) is 6.11. The van der Waals surface area contributed by atoms with Crippen molar-refractivity contribution < 1.29 is 9.21 Å². The third-order valence-corrected chi connectivity index (χ3v) is 3.11. The molecule has 3 aromatic rings. The normalized spacial score (nSPS) is 10.8. The van der Waals surface area contributed by atoms with Gasteiger partial charge in [-0.25, -0.2) is 4.98 Å². The molecule has 2 aromatic carbocycles. The van der Waals surface area contributed by atoms with Crippen LogP contribution in [0.1, 0.15) is 21.5 Å². The van der Waals surface area contributed by atoms with Gasteiger partial charge < -0.3 is 4.42 Å². The molecule has 0 saturated carbocycles. The molecule has 0 radical (unpaired) electrons. The summed E-state index contributed by atoms with van der Waals surface area (Å²) in [6, 6.07) is 11.3. The second-order valence-corrected chi connectivity index (χ2v) is 4.69. The zero-order valence-electron chi connectivity index (χ0n) is 10.8. The number of aldehydes is 1. The van der Waals surface area contributed by atoms with E-state index in [1.165, 1.54) is 5.56 Å². The lowest BCUT2D eigenvalue weighted by Crippen LogP contribution is -1.81. The standard InChI is InChI=1S/C16H13NO2/c1-10-7-11(2)15-14(8-10)17-16(19-15)13-5-3-12(9-18)4-6-13/h3-9H,1-2H3. The molecular weight excluding hydrogens is 238 g/mol. The predicted octanol–water partition coefficient (Wildman–Crippen LogP) is 3.92. The monoisotopic (exact) mass is 251 g/mol. The van der Waals surface area contributed by atoms with E-state index in [0.717, 1.165) is 28.5 Å². The van der Waals surface area contributed by atoms with Gasteiger partial charge >= 0.3 is 0 Å². The van der Waals surface area contributed by atoms with Crippen LogP contribution in [0.15, 0.2) is 40.8 Å². The summed E-state index contributed by atoms with van der Waals surface area (Å²) in [4.78, 5) is 15.1. The number of hydrogen-bond acceptors (Lipinski definition) is 3. The summed E-state index contributed by atoms with van der Waals surface area (Å²) in [5.74, 6) is 0.584. The third kappa shape index (κ3) is 2.03. The summed E-state index contributed by atoms with van der Waals surface area (Å²) in [6.45, 7) is 4.06. The first kappa shape index (κ1) is 11.7. The van der Waals surface area contributed by atoms with Gasteiger partial charge in [-0.05, 0) is 43.2 Å². The summed E-state index contributed by atoms with van der Waals surface area (Å²) < 4.78 is 5.81. The highest BCUT2D eigenvalue weighted by Gasteiger charge is 2.10. The number of aryl methyl sites for hydroxylation is 2. The van der Waals surface area contributed by atoms with Gasteiger partial charge in [0.2, 0.25) is 5.89 Å². The van der Waals surface area contributed by atoms with Crippen LogP contribution in [0, 0.1) is 13.8 Å². The molecule has 0 spiro atoms. The Morgan fingerprint density at radius 3 is 2.53 bits per heavy atom. The zero-order chi connectivity index (χ0) is 13.4. The summed E-state index contributed by atoms with van der Waals surface area (Å²) in [6.07, 6.45) is 0.823. The number of benzene rings is 2. The van der Waals surface area contributed by atoms with E-state index in [4.69, 9.17) is 4.42 Å². The maximum Gasteiger partial charge on any atom is 0.227 e. The van der Waals surface area contributed by atoms with Crippen LogP contribution in [0.3, 0.4) is 0 Å². The van der Waals surface area contributed by atoms with Crippen LogP contribution in [0.25, 0.3) is 22.6 Å². The molecule has 0 saturated heterocycles. The first-order chi connectivity index (χ1) is 9.17. The fourth-order valence-electron chi connectivity index (χ4n) is 2.20. The van der Waals surface area contributed by atoms with Crippen LogP contribution in [0.2, 0.25) is 0 Å². The van der Waals surface area contributed by atoms with E-state index in [1.807, 2.05) is 32.0 Å². The largest absolute Gasteiger partial charge is 0.436 e. The highest BCUT2D eigenvalue weighted by atomic mass is 16.3. The number of hydrogen-bond donors (Lipinski definition) is 0. The molecule has 0 amide bonds. The summed E-state index contributed by atoms with van der Waals surface area (Å²) in [5, 5.41) is 0. The minimum Gasteiger partial charge on any atom is -0.436 e. The quantitative estimate of drug-likeness (QED) is 0.648. The van der Waals surface area contributed by atoms with Crippen LogP contribution >= 0.6 is 0 Å². The van der Waals surface area contributed by atoms with Crippen LogP contribution in [0.5, 0.6) is 0 Å². The van der Waals surface area contributed by atoms with Gasteiger partial charge in [0.15, 0.2) is 5.58 Å². The van der Waals surface area contributed by atoms with Gasteiger partial charge in [0.1, 0.15) is 11.8 Å². The van der Waals surface area contributed by atoms with Crippen LogP contribution < -0.4 is 0 Å². The van der Waals surface area contributed by atoms with Crippen LogP contribution in [0.4, 0.5) is 0 Å². The Hall–Kier alpha value is -2.42. The van der Waals surface area contributed by atoms with Crippen molar-refractivity contribution in [2.75, 3.05) is 0 Å². The average molecular weight is 251 g/mol. The number of nitrogens with zero attached hydrogens (tertiary/aromatic N) is 1. The maximum absolute atomic E-state index is 10.6. The molecule has 0 aliphatic heterocycles. The lowest BCUT2D eigenvalue weighted by molar-refractivity contribution is 0.112. The molecule has 3 nitrogen and oxygen atoms in total. The molecule has 3 heteroatoms. The molecule has 1 aromatic heterocycles. The fourth-order valence-corrected chi connectivity index (χ4v) is 2.20. The van der Waals surface area contributed by atoms with Crippen LogP contribution in [-0.2, 0) is 0 Å². The van der Waals surface area contributed by atoms with E-state index in [-0.39, 0.29) is 0 Å². The smallest absolute Gasteiger partial charge is 0.227 e.